The highest BCUT2D eigenvalue weighted by molar-refractivity contribution is 6.00. The molecule has 0 radical (unpaired) electrons. The van der Waals surface area contributed by atoms with E-state index in [9.17, 15) is 0 Å². The van der Waals surface area contributed by atoms with Gasteiger partial charge in [0.15, 0.2) is 11.3 Å². The van der Waals surface area contributed by atoms with Crippen molar-refractivity contribution in [1.82, 2.24) is 39.5 Å². The van der Waals surface area contributed by atoms with Crippen LogP contribution in [0.25, 0.3) is 44.6 Å². The third-order valence-electron chi connectivity index (χ3n) is 5.69. The molecule has 0 saturated carbocycles. The third kappa shape index (κ3) is 3.33. The predicted octanol–water partition coefficient (Wildman–Crippen LogP) is 3.97. The Bertz CT molecular complexity index is 1410. The highest BCUT2D eigenvalue weighted by atomic mass is 15.4. The minimum atomic E-state index is -0.270. The van der Waals surface area contributed by atoms with E-state index in [1.807, 2.05) is 33.6 Å². The summed E-state index contributed by atoms with van der Waals surface area (Å²) in [6.07, 6.45) is 2.94. The number of nitrogen functional groups attached to an aromatic ring is 2. The van der Waals surface area contributed by atoms with Gasteiger partial charge in [0.05, 0.1) is 21.9 Å². The summed E-state index contributed by atoms with van der Waals surface area (Å²) in [7, 11) is 0. The molecule has 0 fully saturated rings. The van der Waals surface area contributed by atoms with Gasteiger partial charge in [-0.2, -0.15) is 10.2 Å². The zero-order chi connectivity index (χ0) is 24.4. The van der Waals surface area contributed by atoms with Crippen LogP contribution in [-0.2, 0) is 11.1 Å². The molecule has 10 heteroatoms. The molecule has 174 valence electrons. The van der Waals surface area contributed by atoms with Crippen LogP contribution in [-0.4, -0.2) is 39.5 Å². The van der Waals surface area contributed by atoms with E-state index in [1.165, 1.54) is 12.7 Å². The minimum Gasteiger partial charge on any atom is -0.383 e. The average Bonchev–Trinajstić information content (AvgIpc) is 3.35. The molecule has 34 heavy (non-hydrogen) atoms. The molecule has 4 heterocycles. The summed E-state index contributed by atoms with van der Waals surface area (Å²) in [5, 5.41) is 11.2. The number of benzene rings is 1. The Morgan fingerprint density at radius 1 is 0.588 bits per heavy atom. The molecule has 0 amide bonds. The van der Waals surface area contributed by atoms with Gasteiger partial charge in [-0.05, 0) is 41.5 Å². The number of rotatable bonds is 2. The van der Waals surface area contributed by atoms with Gasteiger partial charge in [-0.1, -0.05) is 24.3 Å². The van der Waals surface area contributed by atoms with E-state index in [-0.39, 0.29) is 11.1 Å². The first-order chi connectivity index (χ1) is 16.0. The van der Waals surface area contributed by atoms with Gasteiger partial charge in [-0.3, -0.25) is 0 Å². The lowest BCUT2D eigenvalue weighted by molar-refractivity contribution is 0.366. The molecular formula is C24H28N10. The van der Waals surface area contributed by atoms with Crippen LogP contribution in [0.15, 0.2) is 36.9 Å². The number of fused-ring (bicyclic) bond motifs is 2. The van der Waals surface area contributed by atoms with Crippen molar-refractivity contribution in [3.05, 3.63) is 36.9 Å². The monoisotopic (exact) mass is 456 g/mol. The van der Waals surface area contributed by atoms with E-state index < -0.39 is 0 Å². The van der Waals surface area contributed by atoms with Gasteiger partial charge in [0.2, 0.25) is 0 Å². The van der Waals surface area contributed by atoms with Crippen molar-refractivity contribution in [2.45, 2.75) is 52.6 Å². The average molecular weight is 457 g/mol. The SMILES string of the molecule is CC(C)(C)n1nc(-c2ccc(-c3nn(C(C)(C)C)c4ncnc(N)c34)cc2)c2c(N)ncnc21. The molecule has 0 saturated heterocycles. The molecule has 0 aliphatic carbocycles. The number of nitrogens with two attached hydrogens (primary N) is 2. The molecule has 4 N–H and O–H groups in total. The van der Waals surface area contributed by atoms with Crippen molar-refractivity contribution in [1.29, 1.82) is 0 Å². The van der Waals surface area contributed by atoms with Crippen molar-refractivity contribution < 1.29 is 0 Å². The van der Waals surface area contributed by atoms with Crippen LogP contribution in [0, 0.1) is 0 Å². The molecule has 5 aromatic rings. The van der Waals surface area contributed by atoms with Gasteiger partial charge in [0.25, 0.3) is 0 Å². The summed E-state index contributed by atoms with van der Waals surface area (Å²) in [6.45, 7) is 12.5. The lowest BCUT2D eigenvalue weighted by Gasteiger charge is -2.19. The summed E-state index contributed by atoms with van der Waals surface area (Å²) in [4.78, 5) is 17.3. The van der Waals surface area contributed by atoms with Crippen molar-refractivity contribution in [2.75, 3.05) is 11.5 Å². The van der Waals surface area contributed by atoms with E-state index in [4.69, 9.17) is 21.7 Å². The van der Waals surface area contributed by atoms with Crippen LogP contribution in [0.3, 0.4) is 0 Å². The van der Waals surface area contributed by atoms with Crippen molar-refractivity contribution in [2.24, 2.45) is 0 Å². The number of anilines is 2. The first kappa shape index (κ1) is 21.7. The zero-order valence-electron chi connectivity index (χ0n) is 20.2. The summed E-state index contributed by atoms with van der Waals surface area (Å²) < 4.78 is 3.78. The van der Waals surface area contributed by atoms with Crippen molar-refractivity contribution in [3.8, 4) is 22.5 Å². The van der Waals surface area contributed by atoms with E-state index >= 15 is 0 Å². The van der Waals surface area contributed by atoms with Crippen LogP contribution in [0.2, 0.25) is 0 Å². The van der Waals surface area contributed by atoms with Crippen LogP contribution in [0.5, 0.6) is 0 Å². The third-order valence-corrected chi connectivity index (χ3v) is 5.69. The fraction of sp³-hybridized carbons (Fsp3) is 0.333. The fourth-order valence-corrected chi connectivity index (χ4v) is 4.07. The van der Waals surface area contributed by atoms with E-state index in [0.717, 1.165) is 33.3 Å². The topological polar surface area (TPSA) is 139 Å². The molecule has 1 aromatic carbocycles. The second kappa shape index (κ2) is 7.21. The Hall–Kier alpha value is -4.08. The Kier molecular flexibility index (Phi) is 4.61. The molecule has 0 spiro atoms. The first-order valence-electron chi connectivity index (χ1n) is 11.1. The molecule has 4 aromatic heterocycles. The fourth-order valence-electron chi connectivity index (χ4n) is 4.07. The highest BCUT2D eigenvalue weighted by Gasteiger charge is 2.26. The standard InChI is InChI=1S/C24H28N10/c1-23(2,3)33-21-15(19(25)27-11-29-21)17(31-33)13-7-9-14(10-8-13)18-16-20(26)28-12-30-22(16)34(32-18)24(4,5)6/h7-12H,1-6H3,(H2,25,27,29)(H2,26,28,30). The molecule has 0 aliphatic rings. The normalized spacial score (nSPS) is 12.6. The van der Waals surface area contributed by atoms with E-state index in [1.54, 1.807) is 0 Å². The Morgan fingerprint density at radius 3 is 1.26 bits per heavy atom. The van der Waals surface area contributed by atoms with Crippen LogP contribution < -0.4 is 11.5 Å². The highest BCUT2D eigenvalue weighted by Crippen LogP contribution is 2.36. The smallest absolute Gasteiger partial charge is 0.164 e. The number of hydrogen-bond acceptors (Lipinski definition) is 8. The van der Waals surface area contributed by atoms with Crippen LogP contribution in [0.1, 0.15) is 41.5 Å². The van der Waals surface area contributed by atoms with Gasteiger partial charge >= 0.3 is 0 Å². The molecule has 5 rings (SSSR count). The first-order valence-corrected chi connectivity index (χ1v) is 11.1. The Balaban J connectivity index is 1.68. The maximum Gasteiger partial charge on any atom is 0.164 e. The maximum absolute atomic E-state index is 6.25. The van der Waals surface area contributed by atoms with Gasteiger partial charge in [-0.25, -0.2) is 29.3 Å². The van der Waals surface area contributed by atoms with E-state index in [0.29, 0.717) is 22.9 Å². The second-order valence-electron chi connectivity index (χ2n) is 10.4. The van der Waals surface area contributed by atoms with Gasteiger partial charge in [0.1, 0.15) is 35.7 Å². The molecule has 10 nitrogen and oxygen atoms in total. The van der Waals surface area contributed by atoms with E-state index in [2.05, 4.69) is 61.5 Å². The van der Waals surface area contributed by atoms with Gasteiger partial charge < -0.3 is 11.5 Å². The van der Waals surface area contributed by atoms with Crippen molar-refractivity contribution in [3.63, 3.8) is 0 Å². The Morgan fingerprint density at radius 2 is 0.941 bits per heavy atom. The summed E-state index contributed by atoms with van der Waals surface area (Å²) in [6, 6.07) is 7.99. The van der Waals surface area contributed by atoms with Crippen molar-refractivity contribution >= 4 is 33.7 Å². The van der Waals surface area contributed by atoms with Gasteiger partial charge in [0, 0.05) is 11.1 Å². The molecular weight excluding hydrogens is 428 g/mol. The van der Waals surface area contributed by atoms with Gasteiger partial charge in [-0.15, -0.1) is 0 Å². The lowest BCUT2D eigenvalue weighted by atomic mass is 10.0. The molecule has 0 unspecified atom stereocenters. The molecule has 0 atom stereocenters. The zero-order valence-corrected chi connectivity index (χ0v) is 20.2. The lowest BCUT2D eigenvalue weighted by Crippen LogP contribution is -2.23. The quantitative estimate of drug-likeness (QED) is 0.407. The number of nitrogens with zero attached hydrogens (tertiary/aromatic N) is 8. The largest absolute Gasteiger partial charge is 0.383 e. The summed E-state index contributed by atoms with van der Waals surface area (Å²) >= 11 is 0. The van der Waals surface area contributed by atoms with Crippen LogP contribution in [0.4, 0.5) is 11.6 Å². The number of aromatic nitrogens is 8. The Labute approximate surface area is 197 Å². The maximum atomic E-state index is 6.25. The second-order valence-corrected chi connectivity index (χ2v) is 10.4. The van der Waals surface area contributed by atoms with Crippen LogP contribution >= 0.6 is 0 Å². The molecule has 0 aliphatic heterocycles. The molecule has 0 bridgehead atoms. The predicted molar refractivity (Wildman–Crippen MR) is 134 cm³/mol. The number of hydrogen-bond donors (Lipinski definition) is 2. The summed E-state index contributed by atoms with van der Waals surface area (Å²) in [5.41, 5.74) is 16.7. The minimum absolute atomic E-state index is 0.270. The summed E-state index contributed by atoms with van der Waals surface area (Å²) in [5.74, 6) is 0.804.